The Labute approximate surface area is 202 Å². The Morgan fingerprint density at radius 3 is 2.56 bits per heavy atom. The second-order valence-corrected chi connectivity index (χ2v) is 11.1. The van der Waals surface area contributed by atoms with Crippen LogP contribution in [0.15, 0.2) is 24.3 Å². The Kier molecular flexibility index (Phi) is 7.57. The fraction of sp³-hybridized carbons (Fsp3) is 0.680. The van der Waals surface area contributed by atoms with Gasteiger partial charge in [0.15, 0.2) is 0 Å². The monoisotopic (exact) mass is 471 g/mol. The van der Waals surface area contributed by atoms with E-state index in [0.29, 0.717) is 12.0 Å². The molecule has 32 heavy (non-hydrogen) atoms. The summed E-state index contributed by atoms with van der Waals surface area (Å²) in [7, 11) is 0. The van der Waals surface area contributed by atoms with Crippen molar-refractivity contribution in [3.05, 3.63) is 24.3 Å². The van der Waals surface area contributed by atoms with Gasteiger partial charge in [-0.15, -0.1) is 0 Å². The van der Waals surface area contributed by atoms with Crippen LogP contribution in [-0.2, 0) is 0 Å². The quantitative estimate of drug-likeness (QED) is 0.613. The number of nitrogens with zero attached hydrogens (tertiary/aromatic N) is 3. The minimum absolute atomic E-state index is 0.602. The summed E-state index contributed by atoms with van der Waals surface area (Å²) in [6.45, 7) is 8.00. The average Bonchev–Trinajstić information content (AvgIpc) is 3.29. The Morgan fingerprint density at radius 1 is 1.03 bits per heavy atom. The molecule has 2 N–H and O–H groups in total. The lowest BCUT2D eigenvalue weighted by atomic mass is 9.83. The van der Waals surface area contributed by atoms with Gasteiger partial charge in [-0.3, -0.25) is 4.90 Å². The van der Waals surface area contributed by atoms with Gasteiger partial charge in [0.1, 0.15) is 5.82 Å². The molecule has 0 unspecified atom stereocenters. The smallest absolute Gasteiger partial charge is 0.150 e. The third-order valence-electron chi connectivity index (χ3n) is 7.79. The van der Waals surface area contributed by atoms with Gasteiger partial charge in [0.05, 0.1) is 9.69 Å². The summed E-state index contributed by atoms with van der Waals surface area (Å²) < 4.78 is 6.05. The summed E-state index contributed by atoms with van der Waals surface area (Å²) in [5.41, 5.74) is 0. The van der Waals surface area contributed by atoms with E-state index in [1.165, 1.54) is 67.4 Å². The van der Waals surface area contributed by atoms with E-state index in [-0.39, 0.29) is 0 Å². The molecule has 3 fully saturated rings. The molecular weight excluding hydrogens is 434 g/mol. The van der Waals surface area contributed by atoms with Crippen LogP contribution in [0, 0.1) is 11.8 Å². The number of rotatable bonds is 6. The fourth-order valence-corrected chi connectivity index (χ4v) is 6.85. The normalized spacial score (nSPS) is 25.8. The van der Waals surface area contributed by atoms with Gasteiger partial charge in [0.25, 0.3) is 0 Å². The number of hydrogen-bond donors (Lipinski definition) is 2. The van der Waals surface area contributed by atoms with Crippen molar-refractivity contribution in [2.45, 2.75) is 51.0 Å². The van der Waals surface area contributed by atoms with Gasteiger partial charge in [-0.05, 0) is 94.2 Å². The number of aromatic nitrogens is 1. The van der Waals surface area contributed by atoms with Crippen LogP contribution >= 0.6 is 23.8 Å². The van der Waals surface area contributed by atoms with E-state index < -0.39 is 0 Å². The molecule has 1 aromatic carbocycles. The molecule has 5 rings (SSSR count). The lowest BCUT2D eigenvalue weighted by Gasteiger charge is -2.37. The van der Waals surface area contributed by atoms with Gasteiger partial charge in [-0.2, -0.15) is 4.37 Å². The van der Waals surface area contributed by atoms with Gasteiger partial charge in [0, 0.05) is 43.5 Å². The van der Waals surface area contributed by atoms with Crippen LogP contribution in [0.2, 0.25) is 0 Å². The van der Waals surface area contributed by atoms with E-state index in [1.54, 1.807) is 11.5 Å². The summed E-state index contributed by atoms with van der Waals surface area (Å²) in [5, 5.41) is 8.48. The van der Waals surface area contributed by atoms with Crippen molar-refractivity contribution in [3.63, 3.8) is 0 Å². The van der Waals surface area contributed by atoms with Crippen molar-refractivity contribution >= 4 is 44.6 Å². The third kappa shape index (κ3) is 5.44. The van der Waals surface area contributed by atoms with E-state index in [2.05, 4.69) is 44.7 Å². The fourth-order valence-electron chi connectivity index (χ4n) is 5.65. The van der Waals surface area contributed by atoms with Gasteiger partial charge in [-0.1, -0.05) is 24.4 Å². The zero-order valence-electron chi connectivity index (χ0n) is 19.1. The summed E-state index contributed by atoms with van der Waals surface area (Å²) in [6, 6.07) is 9.24. The molecule has 0 spiro atoms. The Bertz CT molecular complexity index is 877. The first-order valence-corrected chi connectivity index (χ1v) is 13.8. The van der Waals surface area contributed by atoms with Crippen molar-refractivity contribution in [1.82, 2.24) is 19.9 Å². The highest BCUT2D eigenvalue weighted by Crippen LogP contribution is 2.31. The van der Waals surface area contributed by atoms with Crippen molar-refractivity contribution < 1.29 is 0 Å². The molecule has 5 nitrogen and oxygen atoms in total. The number of benzene rings is 1. The number of thiocarbonyl (C=S) groups is 1. The summed E-state index contributed by atoms with van der Waals surface area (Å²) >= 11 is 7.36. The maximum Gasteiger partial charge on any atom is 0.150 e. The first-order chi connectivity index (χ1) is 15.8. The standard InChI is InChI=1S/C25H37N5S2/c31-25(20-9-12-26-13-10-20)27-21-7-5-19(6-8-21)11-14-29-15-17-30(18-16-29)24-22-3-1-2-4-23(22)32-28-24/h1-4,19-21,26H,5-18H2,(H,27,31). The highest BCUT2D eigenvalue weighted by molar-refractivity contribution is 7.80. The molecule has 7 heteroatoms. The predicted octanol–water partition coefficient (Wildman–Crippen LogP) is 4.28. The second kappa shape index (κ2) is 10.8. The number of nitrogens with one attached hydrogen (secondary N) is 2. The molecule has 174 valence electrons. The first-order valence-electron chi connectivity index (χ1n) is 12.6. The van der Waals surface area contributed by atoms with Crippen LogP contribution in [0.25, 0.3) is 10.1 Å². The zero-order valence-corrected chi connectivity index (χ0v) is 20.7. The first kappa shape index (κ1) is 22.5. The van der Waals surface area contributed by atoms with E-state index in [4.69, 9.17) is 16.6 Å². The SMILES string of the molecule is S=C(NC1CCC(CCN2CCN(c3nsc4ccccc34)CC2)CC1)C1CCNCC1. The maximum atomic E-state index is 5.73. The van der Waals surface area contributed by atoms with Crippen LogP contribution in [0.3, 0.4) is 0 Å². The third-order valence-corrected chi connectivity index (χ3v) is 9.06. The van der Waals surface area contributed by atoms with E-state index >= 15 is 0 Å². The lowest BCUT2D eigenvalue weighted by molar-refractivity contribution is 0.214. The highest BCUT2D eigenvalue weighted by Gasteiger charge is 2.26. The summed E-state index contributed by atoms with van der Waals surface area (Å²) in [6.07, 6.45) is 9.06. The largest absolute Gasteiger partial charge is 0.377 e. The van der Waals surface area contributed by atoms with Crippen molar-refractivity contribution in [1.29, 1.82) is 0 Å². The highest BCUT2D eigenvalue weighted by atomic mass is 32.1. The van der Waals surface area contributed by atoms with Gasteiger partial charge >= 0.3 is 0 Å². The molecule has 3 heterocycles. The molecule has 2 aliphatic heterocycles. The van der Waals surface area contributed by atoms with E-state index in [1.807, 2.05) is 0 Å². The summed E-state index contributed by atoms with van der Waals surface area (Å²) in [5.74, 6) is 2.68. The minimum atomic E-state index is 0.602. The molecular formula is C25H37N5S2. The molecule has 0 atom stereocenters. The van der Waals surface area contributed by atoms with Crippen LogP contribution in [-0.4, -0.2) is 66.1 Å². The van der Waals surface area contributed by atoms with Crippen LogP contribution in [0.5, 0.6) is 0 Å². The molecule has 0 radical (unpaired) electrons. The Morgan fingerprint density at radius 2 is 1.78 bits per heavy atom. The van der Waals surface area contributed by atoms with Gasteiger partial charge in [0.2, 0.25) is 0 Å². The van der Waals surface area contributed by atoms with Gasteiger partial charge < -0.3 is 15.5 Å². The number of hydrogen-bond acceptors (Lipinski definition) is 6. The number of anilines is 1. The molecule has 3 aliphatic rings. The van der Waals surface area contributed by atoms with E-state index in [0.717, 1.165) is 50.2 Å². The molecule has 1 aliphatic carbocycles. The Hall–Kier alpha value is -1.28. The molecule has 1 saturated carbocycles. The van der Waals surface area contributed by atoms with Crippen LogP contribution in [0.4, 0.5) is 5.82 Å². The van der Waals surface area contributed by atoms with Crippen molar-refractivity contribution in [3.8, 4) is 0 Å². The molecule has 2 saturated heterocycles. The number of fused-ring (bicyclic) bond motifs is 1. The predicted molar refractivity (Wildman–Crippen MR) is 140 cm³/mol. The lowest BCUT2D eigenvalue weighted by Crippen LogP contribution is -2.47. The topological polar surface area (TPSA) is 43.4 Å². The minimum Gasteiger partial charge on any atom is -0.377 e. The second-order valence-electron chi connectivity index (χ2n) is 9.87. The Balaban J connectivity index is 1.01. The zero-order chi connectivity index (χ0) is 21.8. The van der Waals surface area contributed by atoms with Gasteiger partial charge in [-0.25, -0.2) is 0 Å². The molecule has 0 bridgehead atoms. The molecule has 1 aromatic heterocycles. The van der Waals surface area contributed by atoms with Crippen LogP contribution < -0.4 is 15.5 Å². The van der Waals surface area contributed by atoms with Crippen molar-refractivity contribution in [2.24, 2.45) is 11.8 Å². The molecule has 0 amide bonds. The number of piperidine rings is 1. The number of piperazine rings is 1. The van der Waals surface area contributed by atoms with E-state index in [9.17, 15) is 0 Å². The van der Waals surface area contributed by atoms with Crippen LogP contribution in [0.1, 0.15) is 44.9 Å². The molecule has 2 aromatic rings. The van der Waals surface area contributed by atoms with Crippen molar-refractivity contribution in [2.75, 3.05) is 50.7 Å². The average molecular weight is 472 g/mol. The maximum absolute atomic E-state index is 5.73. The summed E-state index contributed by atoms with van der Waals surface area (Å²) in [4.78, 5) is 6.29.